The minimum absolute atomic E-state index is 0.0605. The Labute approximate surface area is 102 Å². The Morgan fingerprint density at radius 1 is 1.24 bits per heavy atom. The maximum atomic E-state index is 11.8. The number of carbonyl (C=O) groups is 2. The molecule has 1 aliphatic heterocycles. The van der Waals surface area contributed by atoms with Crippen LogP contribution >= 0.6 is 0 Å². The summed E-state index contributed by atoms with van der Waals surface area (Å²) < 4.78 is 0. The third kappa shape index (κ3) is 4.22. The van der Waals surface area contributed by atoms with E-state index in [1.54, 1.807) is 11.9 Å². The molecule has 17 heavy (non-hydrogen) atoms. The van der Waals surface area contributed by atoms with Gasteiger partial charge in [-0.25, -0.2) is 4.79 Å². The molecule has 98 valence electrons. The van der Waals surface area contributed by atoms with Gasteiger partial charge in [-0.2, -0.15) is 0 Å². The van der Waals surface area contributed by atoms with Crippen LogP contribution in [-0.2, 0) is 4.79 Å². The molecule has 0 aromatic carbocycles. The molecule has 0 spiro atoms. The van der Waals surface area contributed by atoms with Crippen LogP contribution in [0.3, 0.4) is 0 Å². The molecule has 1 fully saturated rings. The zero-order valence-corrected chi connectivity index (χ0v) is 10.6. The third-order valence-electron chi connectivity index (χ3n) is 3.09. The lowest BCUT2D eigenvalue weighted by Crippen LogP contribution is -2.52. The molecule has 0 bridgehead atoms. The number of hydrogen-bond acceptors (Lipinski definition) is 3. The first kappa shape index (κ1) is 13.8. The van der Waals surface area contributed by atoms with Crippen LogP contribution in [0.25, 0.3) is 0 Å². The molecule has 0 aromatic rings. The third-order valence-corrected chi connectivity index (χ3v) is 3.09. The summed E-state index contributed by atoms with van der Waals surface area (Å²) in [5, 5.41) is 8.59. The molecule has 0 saturated carbocycles. The second-order valence-corrected chi connectivity index (χ2v) is 4.27. The SMILES string of the molecule is CCN(C)C(=O)N1CCN(CCC(=O)O)CC1. The summed E-state index contributed by atoms with van der Waals surface area (Å²) in [7, 11) is 1.79. The summed E-state index contributed by atoms with van der Waals surface area (Å²) in [4.78, 5) is 27.9. The molecule has 0 radical (unpaired) electrons. The maximum absolute atomic E-state index is 11.8. The Morgan fingerprint density at radius 2 is 1.82 bits per heavy atom. The van der Waals surface area contributed by atoms with E-state index in [9.17, 15) is 9.59 Å². The number of piperazine rings is 1. The van der Waals surface area contributed by atoms with Crippen molar-refractivity contribution in [2.75, 3.05) is 46.3 Å². The van der Waals surface area contributed by atoms with Crippen LogP contribution in [0.15, 0.2) is 0 Å². The van der Waals surface area contributed by atoms with Gasteiger partial charge in [0.2, 0.25) is 0 Å². The van der Waals surface area contributed by atoms with E-state index in [1.165, 1.54) is 0 Å². The summed E-state index contributed by atoms with van der Waals surface area (Å²) in [5.74, 6) is -0.769. The van der Waals surface area contributed by atoms with Crippen molar-refractivity contribution in [2.24, 2.45) is 0 Å². The van der Waals surface area contributed by atoms with E-state index in [0.29, 0.717) is 26.2 Å². The predicted molar refractivity (Wildman–Crippen MR) is 64.0 cm³/mol. The zero-order chi connectivity index (χ0) is 12.8. The summed E-state index contributed by atoms with van der Waals surface area (Å²) in [6.07, 6.45) is 0.169. The van der Waals surface area contributed by atoms with E-state index < -0.39 is 5.97 Å². The molecule has 1 rings (SSSR count). The molecule has 6 heteroatoms. The van der Waals surface area contributed by atoms with Gasteiger partial charge in [0, 0.05) is 46.3 Å². The van der Waals surface area contributed by atoms with Crippen molar-refractivity contribution in [3.05, 3.63) is 0 Å². The number of hydrogen-bond donors (Lipinski definition) is 1. The van der Waals surface area contributed by atoms with Gasteiger partial charge in [0.25, 0.3) is 0 Å². The van der Waals surface area contributed by atoms with Crippen LogP contribution in [0.1, 0.15) is 13.3 Å². The van der Waals surface area contributed by atoms with Crippen LogP contribution in [0.2, 0.25) is 0 Å². The molecular formula is C11H21N3O3. The second kappa shape index (κ2) is 6.44. The molecule has 1 heterocycles. The van der Waals surface area contributed by atoms with Crippen LogP contribution in [-0.4, -0.2) is 78.1 Å². The van der Waals surface area contributed by atoms with Crippen LogP contribution in [0.4, 0.5) is 4.79 Å². The van der Waals surface area contributed by atoms with Crippen molar-refractivity contribution >= 4 is 12.0 Å². The van der Waals surface area contributed by atoms with Crippen molar-refractivity contribution in [2.45, 2.75) is 13.3 Å². The highest BCUT2D eigenvalue weighted by Crippen LogP contribution is 2.05. The van der Waals surface area contributed by atoms with Crippen molar-refractivity contribution in [1.82, 2.24) is 14.7 Å². The lowest BCUT2D eigenvalue weighted by molar-refractivity contribution is -0.137. The smallest absolute Gasteiger partial charge is 0.319 e. The van der Waals surface area contributed by atoms with Gasteiger partial charge in [-0.15, -0.1) is 0 Å². The van der Waals surface area contributed by atoms with Crippen LogP contribution in [0, 0.1) is 0 Å². The highest BCUT2D eigenvalue weighted by Gasteiger charge is 2.22. The van der Waals surface area contributed by atoms with Gasteiger partial charge in [-0.1, -0.05) is 0 Å². The lowest BCUT2D eigenvalue weighted by Gasteiger charge is -2.36. The van der Waals surface area contributed by atoms with Crippen molar-refractivity contribution in [3.63, 3.8) is 0 Å². The number of urea groups is 1. The Bertz CT molecular complexity index is 275. The van der Waals surface area contributed by atoms with E-state index in [0.717, 1.165) is 13.1 Å². The first-order valence-electron chi connectivity index (χ1n) is 5.98. The van der Waals surface area contributed by atoms with E-state index in [2.05, 4.69) is 4.90 Å². The summed E-state index contributed by atoms with van der Waals surface area (Å²) in [6.45, 7) is 6.11. The number of nitrogens with zero attached hydrogens (tertiary/aromatic N) is 3. The molecule has 0 aliphatic carbocycles. The fourth-order valence-corrected chi connectivity index (χ4v) is 1.79. The Morgan fingerprint density at radius 3 is 2.29 bits per heavy atom. The van der Waals surface area contributed by atoms with Crippen molar-refractivity contribution in [3.8, 4) is 0 Å². The minimum Gasteiger partial charge on any atom is -0.481 e. The molecule has 0 unspecified atom stereocenters. The molecule has 2 amide bonds. The summed E-state index contributed by atoms with van der Waals surface area (Å²) in [6, 6.07) is 0.0605. The topological polar surface area (TPSA) is 64.1 Å². The van der Waals surface area contributed by atoms with E-state index >= 15 is 0 Å². The van der Waals surface area contributed by atoms with E-state index in [4.69, 9.17) is 5.11 Å². The zero-order valence-electron chi connectivity index (χ0n) is 10.6. The molecule has 1 N–H and O–H groups in total. The van der Waals surface area contributed by atoms with Gasteiger partial charge in [-0.3, -0.25) is 9.69 Å². The van der Waals surface area contributed by atoms with Gasteiger partial charge >= 0.3 is 12.0 Å². The molecule has 0 aromatic heterocycles. The lowest BCUT2D eigenvalue weighted by atomic mass is 10.3. The first-order valence-corrected chi connectivity index (χ1v) is 5.98. The quantitative estimate of drug-likeness (QED) is 0.763. The number of aliphatic carboxylic acids is 1. The second-order valence-electron chi connectivity index (χ2n) is 4.27. The number of carboxylic acids is 1. The average Bonchev–Trinajstić information content (AvgIpc) is 2.35. The van der Waals surface area contributed by atoms with Crippen LogP contribution in [0.5, 0.6) is 0 Å². The van der Waals surface area contributed by atoms with Gasteiger partial charge in [0.1, 0.15) is 0 Å². The highest BCUT2D eigenvalue weighted by molar-refractivity contribution is 5.74. The number of carbonyl (C=O) groups excluding carboxylic acids is 1. The van der Waals surface area contributed by atoms with Crippen molar-refractivity contribution < 1.29 is 14.7 Å². The Kier molecular flexibility index (Phi) is 5.21. The number of carboxylic acid groups (broad SMARTS) is 1. The number of amides is 2. The van der Waals surface area contributed by atoms with Gasteiger partial charge < -0.3 is 14.9 Å². The standard InChI is InChI=1S/C11H21N3O3/c1-3-12(2)11(17)14-8-6-13(7-9-14)5-4-10(15)16/h3-9H2,1-2H3,(H,15,16). The fraction of sp³-hybridized carbons (Fsp3) is 0.818. The molecule has 1 aliphatic rings. The maximum Gasteiger partial charge on any atom is 0.319 e. The van der Waals surface area contributed by atoms with E-state index in [1.807, 2.05) is 11.8 Å². The van der Waals surface area contributed by atoms with Crippen LogP contribution < -0.4 is 0 Å². The summed E-state index contributed by atoms with van der Waals surface area (Å²) in [5.41, 5.74) is 0. The summed E-state index contributed by atoms with van der Waals surface area (Å²) >= 11 is 0. The predicted octanol–water partition coefficient (Wildman–Crippen LogP) is 0.150. The molecule has 6 nitrogen and oxygen atoms in total. The minimum atomic E-state index is -0.769. The van der Waals surface area contributed by atoms with Gasteiger partial charge in [0.15, 0.2) is 0 Å². The van der Waals surface area contributed by atoms with Gasteiger partial charge in [0.05, 0.1) is 6.42 Å². The molecule has 1 saturated heterocycles. The highest BCUT2D eigenvalue weighted by atomic mass is 16.4. The number of rotatable bonds is 4. The monoisotopic (exact) mass is 243 g/mol. The normalized spacial score (nSPS) is 16.9. The Balaban J connectivity index is 2.30. The fourth-order valence-electron chi connectivity index (χ4n) is 1.79. The molecule has 0 atom stereocenters. The van der Waals surface area contributed by atoms with E-state index in [-0.39, 0.29) is 12.5 Å². The first-order chi connectivity index (χ1) is 8.04. The largest absolute Gasteiger partial charge is 0.481 e. The van der Waals surface area contributed by atoms with Crippen molar-refractivity contribution in [1.29, 1.82) is 0 Å². The Hall–Kier alpha value is -1.30. The molecular weight excluding hydrogens is 222 g/mol. The average molecular weight is 243 g/mol. The van der Waals surface area contributed by atoms with Gasteiger partial charge in [-0.05, 0) is 6.92 Å².